The van der Waals surface area contributed by atoms with Crippen molar-refractivity contribution >= 4 is 17.6 Å². The molecular formula is C13H18OS. The summed E-state index contributed by atoms with van der Waals surface area (Å²) in [6.07, 6.45) is 6.20. The molecule has 15 heavy (non-hydrogen) atoms. The van der Waals surface area contributed by atoms with Crippen LogP contribution in [0, 0.1) is 5.92 Å². The molecule has 82 valence electrons. The van der Waals surface area contributed by atoms with Crippen molar-refractivity contribution in [3.8, 4) is 0 Å². The van der Waals surface area contributed by atoms with Gasteiger partial charge in [0.1, 0.15) is 6.29 Å². The third-order valence-electron chi connectivity index (χ3n) is 2.65. The van der Waals surface area contributed by atoms with Crippen molar-refractivity contribution < 1.29 is 4.79 Å². The highest BCUT2D eigenvalue weighted by Crippen LogP contribution is 2.31. The van der Waals surface area contributed by atoms with E-state index >= 15 is 0 Å². The van der Waals surface area contributed by atoms with E-state index in [-0.39, 0.29) is 11.8 Å². The van der Waals surface area contributed by atoms with Gasteiger partial charge in [0.25, 0.3) is 0 Å². The molecule has 0 bridgehead atoms. The van der Waals surface area contributed by atoms with Crippen LogP contribution in [0.1, 0.15) is 37.0 Å². The highest BCUT2D eigenvalue weighted by molar-refractivity contribution is 7.10. The summed E-state index contributed by atoms with van der Waals surface area (Å²) in [5.74, 6) is 0.301. The Morgan fingerprint density at radius 3 is 2.87 bits per heavy atom. The van der Waals surface area contributed by atoms with Crippen molar-refractivity contribution in [2.24, 2.45) is 5.92 Å². The van der Waals surface area contributed by atoms with Crippen LogP contribution in [0.25, 0.3) is 0 Å². The summed E-state index contributed by atoms with van der Waals surface area (Å²) in [5, 5.41) is 2.05. The number of aldehydes is 1. The second-order valence-electron chi connectivity index (χ2n) is 3.72. The van der Waals surface area contributed by atoms with Gasteiger partial charge in [0.2, 0.25) is 0 Å². The minimum atomic E-state index is 0.0982. The highest BCUT2D eigenvalue weighted by Gasteiger charge is 2.19. The van der Waals surface area contributed by atoms with E-state index in [9.17, 15) is 4.79 Å². The lowest BCUT2D eigenvalue weighted by molar-refractivity contribution is -0.111. The van der Waals surface area contributed by atoms with E-state index in [4.69, 9.17) is 0 Å². The van der Waals surface area contributed by atoms with E-state index in [1.165, 1.54) is 4.88 Å². The van der Waals surface area contributed by atoms with Crippen LogP contribution in [-0.4, -0.2) is 6.29 Å². The van der Waals surface area contributed by atoms with Crippen LogP contribution < -0.4 is 0 Å². The Morgan fingerprint density at radius 1 is 1.60 bits per heavy atom. The first-order chi connectivity index (χ1) is 7.33. The Balaban J connectivity index is 2.70. The molecule has 2 atom stereocenters. The molecule has 0 spiro atoms. The van der Waals surface area contributed by atoms with Gasteiger partial charge in [0.15, 0.2) is 0 Å². The number of carbonyl (C=O) groups is 1. The van der Waals surface area contributed by atoms with Gasteiger partial charge >= 0.3 is 0 Å². The Labute approximate surface area is 95.8 Å². The minimum absolute atomic E-state index is 0.0982. The molecule has 0 aliphatic rings. The van der Waals surface area contributed by atoms with Crippen LogP contribution in [0.2, 0.25) is 0 Å². The molecule has 1 aromatic rings. The number of allylic oxidation sites excluding steroid dienone is 1. The van der Waals surface area contributed by atoms with Crippen LogP contribution >= 0.6 is 11.3 Å². The average Bonchev–Trinajstić information content (AvgIpc) is 2.77. The van der Waals surface area contributed by atoms with Gasteiger partial charge in [-0.1, -0.05) is 31.9 Å². The fraction of sp³-hybridized carbons (Fsp3) is 0.462. The van der Waals surface area contributed by atoms with Gasteiger partial charge < -0.3 is 4.79 Å². The number of thiophene rings is 1. The lowest BCUT2D eigenvalue weighted by Gasteiger charge is -2.17. The van der Waals surface area contributed by atoms with E-state index in [0.29, 0.717) is 0 Å². The van der Waals surface area contributed by atoms with E-state index in [2.05, 4.69) is 19.6 Å². The third-order valence-corrected chi connectivity index (χ3v) is 3.63. The predicted molar refractivity (Wildman–Crippen MR) is 66.3 cm³/mol. The van der Waals surface area contributed by atoms with Crippen LogP contribution in [0.4, 0.5) is 0 Å². The zero-order valence-electron chi connectivity index (χ0n) is 9.19. The van der Waals surface area contributed by atoms with Crippen LogP contribution in [0.5, 0.6) is 0 Å². The molecule has 0 aliphatic carbocycles. The maximum atomic E-state index is 11.1. The molecular weight excluding hydrogens is 204 g/mol. The summed E-state index contributed by atoms with van der Waals surface area (Å²) in [7, 11) is 0. The largest absolute Gasteiger partial charge is 0.303 e. The standard InChI is InChI=1S/C13H18OS/c1-3-5-7-11(10-14)12(4-2)13-8-6-9-15-13/h4,6,8-12H,2-3,5,7H2,1H3/t11-,12-/m1/s1. The van der Waals surface area contributed by atoms with Crippen molar-refractivity contribution in [2.75, 3.05) is 0 Å². The predicted octanol–water partition coefficient (Wildman–Crippen LogP) is 4.02. The Bertz CT molecular complexity index is 289. The maximum Gasteiger partial charge on any atom is 0.124 e. The summed E-state index contributed by atoms with van der Waals surface area (Å²) in [6.45, 7) is 5.99. The smallest absolute Gasteiger partial charge is 0.124 e. The van der Waals surface area contributed by atoms with Gasteiger partial charge in [-0.05, 0) is 17.9 Å². The van der Waals surface area contributed by atoms with Crippen molar-refractivity contribution in [3.63, 3.8) is 0 Å². The van der Waals surface area contributed by atoms with Crippen LogP contribution in [-0.2, 0) is 4.79 Å². The molecule has 0 fully saturated rings. The summed E-state index contributed by atoms with van der Waals surface area (Å²) in [4.78, 5) is 12.3. The molecule has 0 saturated heterocycles. The topological polar surface area (TPSA) is 17.1 Å². The van der Waals surface area contributed by atoms with Crippen molar-refractivity contribution in [3.05, 3.63) is 35.0 Å². The van der Waals surface area contributed by atoms with E-state index in [0.717, 1.165) is 25.5 Å². The zero-order chi connectivity index (χ0) is 11.1. The number of carbonyl (C=O) groups excluding carboxylic acids is 1. The second-order valence-corrected chi connectivity index (χ2v) is 4.70. The molecule has 1 rings (SSSR count). The lowest BCUT2D eigenvalue weighted by atomic mass is 9.88. The molecule has 0 saturated carbocycles. The van der Waals surface area contributed by atoms with Crippen molar-refractivity contribution in [1.82, 2.24) is 0 Å². The van der Waals surface area contributed by atoms with Crippen LogP contribution in [0.15, 0.2) is 30.2 Å². The first kappa shape index (κ1) is 12.2. The Hall–Kier alpha value is -0.890. The molecule has 0 radical (unpaired) electrons. The zero-order valence-corrected chi connectivity index (χ0v) is 10.0. The summed E-state index contributed by atoms with van der Waals surface area (Å²) in [5.41, 5.74) is 0. The van der Waals surface area contributed by atoms with Crippen molar-refractivity contribution in [1.29, 1.82) is 0 Å². The quantitative estimate of drug-likeness (QED) is 0.503. The highest BCUT2D eigenvalue weighted by atomic mass is 32.1. The van der Waals surface area contributed by atoms with Gasteiger partial charge in [-0.3, -0.25) is 0 Å². The SMILES string of the molecule is C=C[C@@H](c1cccs1)[C@@H](C=O)CCCC. The number of unbranched alkanes of at least 4 members (excludes halogenated alkanes) is 1. The van der Waals surface area contributed by atoms with Gasteiger partial charge in [-0.15, -0.1) is 17.9 Å². The van der Waals surface area contributed by atoms with Crippen molar-refractivity contribution in [2.45, 2.75) is 32.1 Å². The van der Waals surface area contributed by atoms with Gasteiger partial charge in [0.05, 0.1) is 0 Å². The molecule has 1 nitrogen and oxygen atoms in total. The van der Waals surface area contributed by atoms with E-state index in [1.54, 1.807) is 11.3 Å². The molecule has 0 unspecified atom stereocenters. The molecule has 1 heterocycles. The normalized spacial score (nSPS) is 14.5. The number of rotatable bonds is 7. The summed E-state index contributed by atoms with van der Waals surface area (Å²) >= 11 is 1.70. The fourth-order valence-electron chi connectivity index (χ4n) is 1.75. The first-order valence-corrected chi connectivity index (χ1v) is 6.32. The fourth-order valence-corrected chi connectivity index (χ4v) is 2.65. The van der Waals surface area contributed by atoms with Gasteiger partial charge in [0, 0.05) is 16.7 Å². The Morgan fingerprint density at radius 2 is 2.40 bits per heavy atom. The van der Waals surface area contributed by atoms with Gasteiger partial charge in [-0.25, -0.2) is 0 Å². The van der Waals surface area contributed by atoms with E-state index in [1.807, 2.05) is 17.5 Å². The summed E-state index contributed by atoms with van der Waals surface area (Å²) in [6, 6.07) is 4.11. The monoisotopic (exact) mass is 222 g/mol. The second kappa shape index (κ2) is 6.57. The third kappa shape index (κ3) is 3.31. The van der Waals surface area contributed by atoms with Gasteiger partial charge in [-0.2, -0.15) is 0 Å². The molecule has 0 aliphatic heterocycles. The average molecular weight is 222 g/mol. The molecule has 1 aromatic heterocycles. The molecule has 0 aromatic carbocycles. The van der Waals surface area contributed by atoms with Crippen LogP contribution in [0.3, 0.4) is 0 Å². The first-order valence-electron chi connectivity index (χ1n) is 5.44. The lowest BCUT2D eigenvalue weighted by Crippen LogP contribution is -2.11. The molecule has 0 amide bonds. The number of hydrogen-bond donors (Lipinski definition) is 0. The maximum absolute atomic E-state index is 11.1. The molecule has 0 N–H and O–H groups in total. The summed E-state index contributed by atoms with van der Waals surface area (Å²) < 4.78 is 0. The minimum Gasteiger partial charge on any atom is -0.303 e. The number of hydrogen-bond acceptors (Lipinski definition) is 2. The molecule has 2 heteroatoms. The van der Waals surface area contributed by atoms with E-state index < -0.39 is 0 Å². The Kier molecular flexibility index (Phi) is 5.33.